The Labute approximate surface area is 76.2 Å². The van der Waals surface area contributed by atoms with Gasteiger partial charge in [-0.05, 0) is 12.8 Å². The van der Waals surface area contributed by atoms with E-state index in [9.17, 15) is 9.18 Å². The number of hydrogen-bond acceptors (Lipinski definition) is 2. The Morgan fingerprint density at radius 3 is 3.00 bits per heavy atom. The molecule has 3 nitrogen and oxygen atoms in total. The number of rotatable bonds is 3. The van der Waals surface area contributed by atoms with Gasteiger partial charge in [-0.3, -0.25) is 0 Å². The number of halogens is 1. The van der Waals surface area contributed by atoms with Crippen molar-refractivity contribution < 1.29 is 19.0 Å². The van der Waals surface area contributed by atoms with E-state index < -0.39 is 24.9 Å². The van der Waals surface area contributed by atoms with E-state index in [2.05, 4.69) is 6.58 Å². The van der Waals surface area contributed by atoms with Gasteiger partial charge in [-0.2, -0.15) is 0 Å². The zero-order valence-electron chi connectivity index (χ0n) is 7.33. The van der Waals surface area contributed by atoms with E-state index in [0.29, 0.717) is 12.8 Å². The van der Waals surface area contributed by atoms with Crippen LogP contribution in [0.15, 0.2) is 12.2 Å². The van der Waals surface area contributed by atoms with Crippen LogP contribution in [0.2, 0.25) is 0 Å². The van der Waals surface area contributed by atoms with Gasteiger partial charge in [-0.15, -0.1) is 0 Å². The van der Waals surface area contributed by atoms with Crippen molar-refractivity contribution in [1.82, 2.24) is 0 Å². The lowest BCUT2D eigenvalue weighted by Crippen LogP contribution is -2.31. The second-order valence-corrected chi connectivity index (χ2v) is 3.25. The fourth-order valence-electron chi connectivity index (χ4n) is 1.40. The molecule has 0 heterocycles. The van der Waals surface area contributed by atoms with Gasteiger partial charge in [0.25, 0.3) is 0 Å². The molecule has 4 heteroatoms. The summed E-state index contributed by atoms with van der Waals surface area (Å²) in [5.74, 6) is -1.06. The van der Waals surface area contributed by atoms with Gasteiger partial charge < -0.3 is 9.84 Å². The summed E-state index contributed by atoms with van der Waals surface area (Å²) in [6.07, 6.45) is -0.107. The highest BCUT2D eigenvalue weighted by Crippen LogP contribution is 2.26. The minimum Gasteiger partial charge on any atom is -0.480 e. The van der Waals surface area contributed by atoms with Crippen molar-refractivity contribution in [2.75, 3.05) is 6.61 Å². The van der Waals surface area contributed by atoms with Crippen molar-refractivity contribution in [2.45, 2.75) is 31.5 Å². The Kier molecular flexibility index (Phi) is 3.42. The molecule has 1 N–H and O–H groups in total. The molecule has 1 fully saturated rings. The summed E-state index contributed by atoms with van der Waals surface area (Å²) >= 11 is 0. The van der Waals surface area contributed by atoms with Crippen LogP contribution in [-0.2, 0) is 9.53 Å². The summed E-state index contributed by atoms with van der Waals surface area (Å²) in [7, 11) is 0. The molecule has 74 valence electrons. The van der Waals surface area contributed by atoms with Crippen LogP contribution in [-0.4, -0.2) is 30.0 Å². The molecule has 0 bridgehead atoms. The van der Waals surface area contributed by atoms with Crippen LogP contribution in [0.4, 0.5) is 4.39 Å². The quantitative estimate of drug-likeness (QED) is 0.683. The standard InChI is InChI=1S/C9H13FO3/c1-6-2-3-8(7(10)4-6)13-5-9(11)12/h7-8H,1-5H2,(H,11,12). The van der Waals surface area contributed by atoms with Crippen LogP contribution in [0, 0.1) is 0 Å². The SMILES string of the molecule is C=C1CCC(OCC(=O)O)C(F)C1. The number of alkyl halides is 1. The van der Waals surface area contributed by atoms with E-state index in [4.69, 9.17) is 9.84 Å². The average molecular weight is 188 g/mol. The molecule has 1 saturated carbocycles. The van der Waals surface area contributed by atoms with Crippen LogP contribution >= 0.6 is 0 Å². The average Bonchev–Trinajstić information content (AvgIpc) is 2.02. The van der Waals surface area contributed by atoms with Crippen molar-refractivity contribution in [3.05, 3.63) is 12.2 Å². The molecule has 0 aromatic rings. The second-order valence-electron chi connectivity index (χ2n) is 3.25. The summed E-state index contributed by atoms with van der Waals surface area (Å²) in [6.45, 7) is 3.26. The van der Waals surface area contributed by atoms with E-state index in [-0.39, 0.29) is 0 Å². The Bertz CT molecular complexity index is 215. The van der Waals surface area contributed by atoms with Gasteiger partial charge in [0, 0.05) is 6.42 Å². The first kappa shape index (κ1) is 10.2. The van der Waals surface area contributed by atoms with E-state index >= 15 is 0 Å². The van der Waals surface area contributed by atoms with Gasteiger partial charge in [0.1, 0.15) is 12.8 Å². The maximum absolute atomic E-state index is 13.2. The lowest BCUT2D eigenvalue weighted by molar-refractivity contribution is -0.146. The largest absolute Gasteiger partial charge is 0.480 e. The normalized spacial score (nSPS) is 28.8. The lowest BCUT2D eigenvalue weighted by Gasteiger charge is -2.26. The van der Waals surface area contributed by atoms with Crippen molar-refractivity contribution in [3.63, 3.8) is 0 Å². The molecule has 2 atom stereocenters. The number of allylic oxidation sites excluding steroid dienone is 1. The van der Waals surface area contributed by atoms with E-state index in [1.54, 1.807) is 0 Å². The molecule has 1 rings (SSSR count). The fourth-order valence-corrected chi connectivity index (χ4v) is 1.40. The van der Waals surface area contributed by atoms with Crippen LogP contribution < -0.4 is 0 Å². The van der Waals surface area contributed by atoms with Gasteiger partial charge in [-0.1, -0.05) is 12.2 Å². The summed E-state index contributed by atoms with van der Waals surface area (Å²) in [4.78, 5) is 10.1. The Morgan fingerprint density at radius 2 is 2.46 bits per heavy atom. The van der Waals surface area contributed by atoms with Crippen LogP contribution in [0.25, 0.3) is 0 Å². The molecular formula is C9H13FO3. The van der Waals surface area contributed by atoms with Gasteiger partial charge in [-0.25, -0.2) is 9.18 Å². The molecule has 0 spiro atoms. The Balaban J connectivity index is 2.33. The molecule has 0 aromatic carbocycles. The monoisotopic (exact) mass is 188 g/mol. The second kappa shape index (κ2) is 4.37. The smallest absolute Gasteiger partial charge is 0.329 e. The van der Waals surface area contributed by atoms with Gasteiger partial charge >= 0.3 is 5.97 Å². The minimum absolute atomic E-state index is 0.296. The summed E-state index contributed by atoms with van der Waals surface area (Å²) < 4.78 is 18.1. The molecule has 0 amide bonds. The number of aliphatic carboxylic acids is 1. The third kappa shape index (κ3) is 3.14. The summed E-state index contributed by atoms with van der Waals surface area (Å²) in [5, 5.41) is 8.32. The highest BCUT2D eigenvalue weighted by atomic mass is 19.1. The molecule has 2 unspecified atom stereocenters. The maximum atomic E-state index is 13.2. The lowest BCUT2D eigenvalue weighted by atomic mass is 9.92. The highest BCUT2D eigenvalue weighted by molar-refractivity contribution is 5.68. The number of ether oxygens (including phenoxy) is 1. The molecule has 13 heavy (non-hydrogen) atoms. The zero-order valence-corrected chi connectivity index (χ0v) is 7.33. The molecule has 0 saturated heterocycles. The minimum atomic E-state index is -1.10. The maximum Gasteiger partial charge on any atom is 0.329 e. The molecule has 1 aliphatic rings. The highest BCUT2D eigenvalue weighted by Gasteiger charge is 2.27. The third-order valence-electron chi connectivity index (χ3n) is 2.09. The number of carboxylic acids is 1. The van der Waals surface area contributed by atoms with Gasteiger partial charge in [0.05, 0.1) is 6.10 Å². The van der Waals surface area contributed by atoms with E-state index in [1.165, 1.54) is 0 Å². The predicted octanol–water partition coefficient (Wildman–Crippen LogP) is 1.53. The van der Waals surface area contributed by atoms with Crippen LogP contribution in [0.5, 0.6) is 0 Å². The third-order valence-corrected chi connectivity index (χ3v) is 2.09. The Morgan fingerprint density at radius 1 is 1.77 bits per heavy atom. The zero-order chi connectivity index (χ0) is 9.84. The van der Waals surface area contributed by atoms with Crippen molar-refractivity contribution in [3.8, 4) is 0 Å². The van der Waals surface area contributed by atoms with Crippen LogP contribution in [0.1, 0.15) is 19.3 Å². The van der Waals surface area contributed by atoms with E-state index in [0.717, 1.165) is 12.0 Å². The Hall–Kier alpha value is -0.900. The number of carbonyl (C=O) groups is 1. The van der Waals surface area contributed by atoms with E-state index in [1.807, 2.05) is 0 Å². The summed E-state index contributed by atoms with van der Waals surface area (Å²) in [6, 6.07) is 0. The molecule has 0 aromatic heterocycles. The van der Waals surface area contributed by atoms with Crippen LogP contribution in [0.3, 0.4) is 0 Å². The molecule has 1 aliphatic carbocycles. The number of hydrogen-bond donors (Lipinski definition) is 1. The topological polar surface area (TPSA) is 46.5 Å². The van der Waals surface area contributed by atoms with Gasteiger partial charge in [0.2, 0.25) is 0 Å². The molecule has 0 radical (unpaired) electrons. The fraction of sp³-hybridized carbons (Fsp3) is 0.667. The van der Waals surface area contributed by atoms with Crippen molar-refractivity contribution in [1.29, 1.82) is 0 Å². The molecular weight excluding hydrogens is 175 g/mol. The first-order valence-electron chi connectivity index (χ1n) is 4.23. The predicted molar refractivity (Wildman–Crippen MR) is 45.3 cm³/mol. The number of carboxylic acid groups (broad SMARTS) is 1. The van der Waals surface area contributed by atoms with Gasteiger partial charge in [0.15, 0.2) is 0 Å². The molecule has 0 aliphatic heterocycles. The first-order chi connectivity index (χ1) is 6.09. The van der Waals surface area contributed by atoms with Crippen molar-refractivity contribution >= 4 is 5.97 Å². The first-order valence-corrected chi connectivity index (χ1v) is 4.23. The van der Waals surface area contributed by atoms with Crippen molar-refractivity contribution in [2.24, 2.45) is 0 Å². The summed E-state index contributed by atoms with van der Waals surface area (Å²) in [5.41, 5.74) is 0.877.